The fraction of sp³-hybridized carbons (Fsp3) is 0.286. The van der Waals surface area contributed by atoms with Crippen LogP contribution in [0.25, 0.3) is 11.4 Å². The maximum atomic E-state index is 12.2. The van der Waals surface area contributed by atoms with Crippen LogP contribution < -0.4 is 11.1 Å². The number of carbonyl (C=O) groups excluding carboxylic acids is 1. The van der Waals surface area contributed by atoms with E-state index in [1.807, 2.05) is 25.1 Å². The van der Waals surface area contributed by atoms with Crippen molar-refractivity contribution < 1.29 is 9.32 Å². The van der Waals surface area contributed by atoms with Gasteiger partial charge in [-0.15, -0.1) is 12.4 Å². The highest BCUT2D eigenvalue weighted by molar-refractivity contribution is 5.92. The molecule has 0 saturated heterocycles. The largest absolute Gasteiger partial charge is 0.399 e. The van der Waals surface area contributed by atoms with E-state index >= 15 is 0 Å². The SMILES string of the molecule is Cc1ccc(N)cc1NC(=O)CCc1nc(-c2ccc(C(C)C)cc2)no1.Cl. The van der Waals surface area contributed by atoms with Crippen LogP contribution in [0.5, 0.6) is 0 Å². The summed E-state index contributed by atoms with van der Waals surface area (Å²) in [6.45, 7) is 6.22. The van der Waals surface area contributed by atoms with E-state index in [1.165, 1.54) is 5.56 Å². The Morgan fingerprint density at radius 1 is 1.18 bits per heavy atom. The van der Waals surface area contributed by atoms with Crippen LogP contribution in [-0.2, 0) is 11.2 Å². The fourth-order valence-electron chi connectivity index (χ4n) is 2.70. The monoisotopic (exact) mass is 400 g/mol. The number of anilines is 2. The molecule has 3 rings (SSSR count). The van der Waals surface area contributed by atoms with Gasteiger partial charge in [-0.2, -0.15) is 4.98 Å². The highest BCUT2D eigenvalue weighted by Crippen LogP contribution is 2.21. The quantitative estimate of drug-likeness (QED) is 0.582. The molecule has 0 aliphatic rings. The highest BCUT2D eigenvalue weighted by atomic mass is 35.5. The molecule has 0 spiro atoms. The molecule has 0 fully saturated rings. The van der Waals surface area contributed by atoms with Crippen LogP contribution in [0.3, 0.4) is 0 Å². The first-order valence-corrected chi connectivity index (χ1v) is 9.01. The number of nitrogens with two attached hydrogens (primary N) is 1. The van der Waals surface area contributed by atoms with Crippen molar-refractivity contribution in [2.24, 2.45) is 0 Å². The molecule has 1 heterocycles. The molecular formula is C21H25ClN4O2. The van der Waals surface area contributed by atoms with Gasteiger partial charge in [0.2, 0.25) is 17.6 Å². The number of rotatable bonds is 6. The van der Waals surface area contributed by atoms with E-state index in [2.05, 4.69) is 41.4 Å². The molecule has 1 amide bonds. The van der Waals surface area contributed by atoms with Crippen LogP contribution in [-0.4, -0.2) is 16.0 Å². The molecule has 0 saturated carbocycles. The van der Waals surface area contributed by atoms with E-state index in [4.69, 9.17) is 10.3 Å². The lowest BCUT2D eigenvalue weighted by Gasteiger charge is -2.08. The van der Waals surface area contributed by atoms with E-state index in [9.17, 15) is 4.79 Å². The fourth-order valence-corrected chi connectivity index (χ4v) is 2.70. The van der Waals surface area contributed by atoms with Crippen molar-refractivity contribution in [2.45, 2.75) is 39.5 Å². The number of carbonyl (C=O) groups is 1. The first kappa shape index (κ1) is 21.4. The molecule has 0 unspecified atom stereocenters. The van der Waals surface area contributed by atoms with Gasteiger partial charge in [0.1, 0.15) is 0 Å². The molecule has 3 aromatic rings. The van der Waals surface area contributed by atoms with Gasteiger partial charge in [0.05, 0.1) is 0 Å². The summed E-state index contributed by atoms with van der Waals surface area (Å²) in [7, 11) is 0. The van der Waals surface area contributed by atoms with E-state index in [1.54, 1.807) is 12.1 Å². The molecule has 0 radical (unpaired) electrons. The van der Waals surface area contributed by atoms with Crippen LogP contribution in [0, 0.1) is 6.92 Å². The van der Waals surface area contributed by atoms with E-state index < -0.39 is 0 Å². The van der Waals surface area contributed by atoms with Gasteiger partial charge in [0.15, 0.2) is 0 Å². The normalized spacial score (nSPS) is 10.6. The van der Waals surface area contributed by atoms with Crippen LogP contribution in [0.15, 0.2) is 47.0 Å². The van der Waals surface area contributed by atoms with E-state index in [-0.39, 0.29) is 24.7 Å². The van der Waals surface area contributed by atoms with Gasteiger partial charge in [0.25, 0.3) is 0 Å². The standard InChI is InChI=1S/C21H24N4O2.ClH/c1-13(2)15-5-7-16(8-6-15)21-24-20(27-25-21)11-10-19(26)23-18-12-17(22)9-4-14(18)3;/h4-9,12-13H,10-11,22H2,1-3H3,(H,23,26);1H. The summed E-state index contributed by atoms with van der Waals surface area (Å²) in [6, 6.07) is 13.5. The van der Waals surface area contributed by atoms with Gasteiger partial charge >= 0.3 is 0 Å². The lowest BCUT2D eigenvalue weighted by Crippen LogP contribution is -2.13. The zero-order valence-electron chi connectivity index (χ0n) is 16.2. The topological polar surface area (TPSA) is 94.0 Å². The van der Waals surface area contributed by atoms with Crippen molar-refractivity contribution in [3.05, 3.63) is 59.5 Å². The Hall–Kier alpha value is -2.86. The number of nitrogen functional groups attached to an aromatic ring is 1. The van der Waals surface area contributed by atoms with Crippen LogP contribution in [0.1, 0.15) is 43.2 Å². The lowest BCUT2D eigenvalue weighted by atomic mass is 10.0. The van der Waals surface area contributed by atoms with Crippen molar-refractivity contribution in [3.63, 3.8) is 0 Å². The maximum absolute atomic E-state index is 12.2. The summed E-state index contributed by atoms with van der Waals surface area (Å²) < 4.78 is 5.28. The van der Waals surface area contributed by atoms with E-state index in [0.717, 1.165) is 16.8 Å². The van der Waals surface area contributed by atoms with Crippen molar-refractivity contribution in [3.8, 4) is 11.4 Å². The molecular weight excluding hydrogens is 376 g/mol. The molecule has 148 valence electrons. The maximum Gasteiger partial charge on any atom is 0.227 e. The molecule has 6 nitrogen and oxygen atoms in total. The number of hydrogen-bond acceptors (Lipinski definition) is 5. The number of benzene rings is 2. The third-order valence-corrected chi connectivity index (χ3v) is 4.41. The Balaban J connectivity index is 0.00000280. The first-order valence-electron chi connectivity index (χ1n) is 9.01. The van der Waals surface area contributed by atoms with Gasteiger partial charge in [-0.1, -0.05) is 49.3 Å². The minimum atomic E-state index is -0.121. The Labute approximate surface area is 170 Å². The average Bonchev–Trinajstić information content (AvgIpc) is 3.12. The second kappa shape index (κ2) is 9.37. The zero-order chi connectivity index (χ0) is 19.4. The van der Waals surface area contributed by atoms with Crippen LogP contribution in [0.2, 0.25) is 0 Å². The Bertz CT molecular complexity index is 936. The van der Waals surface area contributed by atoms with Gasteiger partial charge in [-0.05, 0) is 36.1 Å². The average molecular weight is 401 g/mol. The Morgan fingerprint density at radius 2 is 1.89 bits per heavy atom. The second-order valence-electron chi connectivity index (χ2n) is 6.91. The number of aromatic nitrogens is 2. The number of amides is 1. The summed E-state index contributed by atoms with van der Waals surface area (Å²) in [4.78, 5) is 16.6. The summed E-state index contributed by atoms with van der Waals surface area (Å²) in [5, 5.41) is 6.88. The van der Waals surface area contributed by atoms with Gasteiger partial charge in [-0.3, -0.25) is 4.79 Å². The summed E-state index contributed by atoms with van der Waals surface area (Å²) in [5.74, 6) is 1.33. The third kappa shape index (κ3) is 5.33. The van der Waals surface area contributed by atoms with Crippen molar-refractivity contribution >= 4 is 29.7 Å². The second-order valence-corrected chi connectivity index (χ2v) is 6.91. The molecule has 28 heavy (non-hydrogen) atoms. The number of aryl methyl sites for hydroxylation is 2. The molecule has 0 aliphatic carbocycles. The van der Waals surface area contributed by atoms with E-state index in [0.29, 0.717) is 29.7 Å². The third-order valence-electron chi connectivity index (χ3n) is 4.41. The van der Waals surface area contributed by atoms with Gasteiger partial charge < -0.3 is 15.6 Å². The molecule has 0 bridgehead atoms. The number of nitrogens with zero attached hydrogens (tertiary/aromatic N) is 2. The van der Waals surface area contributed by atoms with Gasteiger partial charge in [-0.25, -0.2) is 0 Å². The highest BCUT2D eigenvalue weighted by Gasteiger charge is 2.12. The number of nitrogens with one attached hydrogen (secondary N) is 1. The molecule has 2 aromatic carbocycles. The molecule has 0 aliphatic heterocycles. The lowest BCUT2D eigenvalue weighted by molar-refractivity contribution is -0.116. The van der Waals surface area contributed by atoms with Crippen molar-refractivity contribution in [1.82, 2.24) is 10.1 Å². The molecule has 0 atom stereocenters. The summed E-state index contributed by atoms with van der Waals surface area (Å²) >= 11 is 0. The Kier molecular flexibility index (Phi) is 7.18. The summed E-state index contributed by atoms with van der Waals surface area (Å²) in [6.07, 6.45) is 0.631. The number of hydrogen-bond donors (Lipinski definition) is 2. The first-order chi connectivity index (χ1) is 12.9. The number of halogens is 1. The molecule has 7 heteroatoms. The smallest absolute Gasteiger partial charge is 0.227 e. The predicted molar refractivity (Wildman–Crippen MR) is 114 cm³/mol. The Morgan fingerprint density at radius 3 is 2.57 bits per heavy atom. The zero-order valence-corrected chi connectivity index (χ0v) is 17.0. The molecule has 1 aromatic heterocycles. The van der Waals surface area contributed by atoms with Gasteiger partial charge in [0, 0.05) is 29.8 Å². The predicted octanol–water partition coefficient (Wildman–Crippen LogP) is 4.74. The van der Waals surface area contributed by atoms with Crippen LogP contribution >= 0.6 is 12.4 Å². The summed E-state index contributed by atoms with van der Waals surface area (Å²) in [5.41, 5.74) is 10.2. The van der Waals surface area contributed by atoms with Crippen molar-refractivity contribution in [2.75, 3.05) is 11.1 Å². The molecule has 3 N–H and O–H groups in total. The minimum Gasteiger partial charge on any atom is -0.399 e. The van der Waals surface area contributed by atoms with Crippen LogP contribution in [0.4, 0.5) is 11.4 Å². The van der Waals surface area contributed by atoms with Crippen molar-refractivity contribution in [1.29, 1.82) is 0 Å². The minimum absolute atomic E-state index is 0.